The van der Waals surface area contributed by atoms with Crippen molar-refractivity contribution < 1.29 is 19.4 Å². The van der Waals surface area contributed by atoms with Crippen molar-refractivity contribution in [2.45, 2.75) is 18.4 Å². The fraction of sp³-hybridized carbons (Fsp3) is 0.615. The third kappa shape index (κ3) is 1.95. The highest BCUT2D eigenvalue weighted by molar-refractivity contribution is 6.29. The second-order valence-electron chi connectivity index (χ2n) is 5.63. The molecule has 2 aliphatic heterocycles. The van der Waals surface area contributed by atoms with Crippen molar-refractivity contribution in [1.82, 2.24) is 9.97 Å². The number of hydrogen-bond acceptors (Lipinski definition) is 7. The fourth-order valence-corrected chi connectivity index (χ4v) is 3.71. The number of fused-ring (bicyclic) bond motifs is 1. The van der Waals surface area contributed by atoms with Crippen LogP contribution in [0.25, 0.3) is 0 Å². The maximum Gasteiger partial charge on any atom is 0.319 e. The van der Waals surface area contributed by atoms with Crippen LogP contribution in [-0.4, -0.2) is 54.0 Å². The number of hydrogen-bond donors (Lipinski definition) is 1. The summed E-state index contributed by atoms with van der Waals surface area (Å²) in [4.78, 5) is 22.1. The van der Waals surface area contributed by atoms with E-state index in [9.17, 15) is 9.90 Å². The minimum atomic E-state index is -0.567. The Bertz CT molecular complexity index is 589. The van der Waals surface area contributed by atoms with E-state index in [2.05, 4.69) is 9.97 Å². The van der Waals surface area contributed by atoms with Crippen LogP contribution in [0.15, 0.2) is 6.07 Å². The number of aliphatic hydroxyl groups is 1. The Labute approximate surface area is 126 Å². The largest absolute Gasteiger partial charge is 0.469 e. The van der Waals surface area contributed by atoms with Crippen LogP contribution >= 0.6 is 11.6 Å². The monoisotopic (exact) mass is 313 g/mol. The van der Waals surface area contributed by atoms with Gasteiger partial charge in [-0.1, -0.05) is 11.6 Å². The summed E-state index contributed by atoms with van der Waals surface area (Å²) in [7, 11) is 2.83. The van der Waals surface area contributed by atoms with Gasteiger partial charge in [0.1, 0.15) is 11.0 Å². The van der Waals surface area contributed by atoms with Crippen molar-refractivity contribution in [3.8, 4) is 6.01 Å². The lowest BCUT2D eigenvalue weighted by Crippen LogP contribution is -2.54. The van der Waals surface area contributed by atoms with E-state index in [1.54, 1.807) is 6.07 Å². The zero-order chi connectivity index (χ0) is 15.3. The molecule has 0 amide bonds. The molecule has 0 atom stereocenters. The summed E-state index contributed by atoms with van der Waals surface area (Å²) in [5.41, 5.74) is -1.06. The number of rotatable bonds is 4. The van der Waals surface area contributed by atoms with Gasteiger partial charge in [-0.2, -0.15) is 9.97 Å². The average Bonchev–Trinajstić information content (AvgIpc) is 2.97. The van der Waals surface area contributed by atoms with Gasteiger partial charge in [-0.05, 0) is 12.8 Å². The van der Waals surface area contributed by atoms with Crippen LogP contribution < -0.4 is 9.64 Å². The predicted molar refractivity (Wildman–Crippen MR) is 74.4 cm³/mol. The first-order valence-electron chi connectivity index (χ1n) is 6.54. The molecule has 0 spiro atoms. The van der Waals surface area contributed by atoms with Crippen molar-refractivity contribution in [1.29, 1.82) is 0 Å². The summed E-state index contributed by atoms with van der Waals surface area (Å²) in [6.45, 7) is 0.381. The zero-order valence-corrected chi connectivity index (χ0v) is 12.6. The van der Waals surface area contributed by atoms with E-state index < -0.39 is 11.0 Å². The Morgan fingerprint density at radius 2 is 2.19 bits per heavy atom. The van der Waals surface area contributed by atoms with Gasteiger partial charge in [-0.15, -0.1) is 0 Å². The van der Waals surface area contributed by atoms with Gasteiger partial charge in [0.05, 0.1) is 31.8 Å². The standard InChI is InChI=1S/C13H16ClN3O4/c1-20-10(19)12-4-13(5-12,7-18)17(6-12)9-3-8(14)15-11(16-9)21-2/h3,18H,4-7H2,1-2H3. The van der Waals surface area contributed by atoms with Crippen LogP contribution in [0.1, 0.15) is 12.8 Å². The van der Waals surface area contributed by atoms with Gasteiger partial charge in [0.15, 0.2) is 0 Å². The van der Waals surface area contributed by atoms with E-state index in [-0.39, 0.29) is 23.7 Å². The van der Waals surface area contributed by atoms with Gasteiger partial charge >= 0.3 is 12.0 Å². The van der Waals surface area contributed by atoms with Crippen molar-refractivity contribution >= 4 is 23.4 Å². The van der Waals surface area contributed by atoms with E-state index in [0.717, 1.165) is 0 Å². The molecular weight excluding hydrogens is 298 g/mol. The van der Waals surface area contributed by atoms with Crippen LogP contribution in [0.3, 0.4) is 0 Å². The van der Waals surface area contributed by atoms with Crippen molar-refractivity contribution in [3.05, 3.63) is 11.2 Å². The molecule has 1 aliphatic carbocycles. The molecule has 0 aromatic carbocycles. The lowest BCUT2D eigenvalue weighted by atomic mass is 9.62. The Kier molecular flexibility index (Phi) is 3.22. The first-order chi connectivity index (χ1) is 9.98. The van der Waals surface area contributed by atoms with Crippen molar-refractivity contribution in [2.75, 3.05) is 32.3 Å². The van der Waals surface area contributed by atoms with E-state index in [0.29, 0.717) is 25.2 Å². The molecule has 114 valence electrons. The van der Waals surface area contributed by atoms with Crippen LogP contribution in [0.5, 0.6) is 6.01 Å². The summed E-state index contributed by atoms with van der Waals surface area (Å²) in [6.07, 6.45) is 1.10. The Morgan fingerprint density at radius 1 is 1.48 bits per heavy atom. The molecule has 7 nitrogen and oxygen atoms in total. The van der Waals surface area contributed by atoms with E-state index in [1.807, 2.05) is 4.90 Å². The Morgan fingerprint density at radius 3 is 2.76 bits per heavy atom. The SMILES string of the molecule is COC(=O)C12CN(c3cc(Cl)nc(OC)n3)C(CO)(C1)C2. The number of nitrogens with zero attached hydrogens (tertiary/aromatic N) is 3. The highest BCUT2D eigenvalue weighted by Crippen LogP contribution is 2.60. The molecule has 4 rings (SSSR count). The molecule has 3 heterocycles. The third-order valence-corrected chi connectivity index (χ3v) is 4.59. The molecule has 1 N–H and O–H groups in total. The number of esters is 1. The number of aliphatic hydroxyl groups excluding tert-OH is 1. The molecule has 3 fully saturated rings. The number of ether oxygens (including phenoxy) is 2. The van der Waals surface area contributed by atoms with Gasteiger partial charge in [-0.3, -0.25) is 4.79 Å². The number of methoxy groups -OCH3 is 2. The van der Waals surface area contributed by atoms with Gasteiger partial charge in [0.25, 0.3) is 0 Å². The molecule has 2 saturated heterocycles. The number of halogens is 1. The molecular formula is C13H16ClN3O4. The smallest absolute Gasteiger partial charge is 0.319 e. The molecule has 1 aromatic rings. The molecule has 1 saturated carbocycles. The quantitative estimate of drug-likeness (QED) is 0.645. The highest BCUT2D eigenvalue weighted by atomic mass is 35.5. The minimum Gasteiger partial charge on any atom is -0.469 e. The predicted octanol–water partition coefficient (Wildman–Crippen LogP) is 0.643. The second kappa shape index (κ2) is 4.71. The molecule has 0 radical (unpaired) electrons. The Hall–Kier alpha value is -1.60. The van der Waals surface area contributed by atoms with Gasteiger partial charge < -0.3 is 19.5 Å². The molecule has 0 unspecified atom stereocenters. The van der Waals surface area contributed by atoms with Gasteiger partial charge in [-0.25, -0.2) is 0 Å². The number of anilines is 1. The lowest BCUT2D eigenvalue weighted by molar-refractivity contribution is -0.157. The van der Waals surface area contributed by atoms with Crippen LogP contribution in [-0.2, 0) is 9.53 Å². The van der Waals surface area contributed by atoms with Crippen molar-refractivity contribution in [3.63, 3.8) is 0 Å². The van der Waals surface area contributed by atoms with Gasteiger partial charge in [0.2, 0.25) is 0 Å². The second-order valence-corrected chi connectivity index (χ2v) is 6.02. The summed E-state index contributed by atoms with van der Waals surface area (Å²) in [6, 6.07) is 1.76. The summed E-state index contributed by atoms with van der Waals surface area (Å²) in [5, 5.41) is 10.0. The lowest BCUT2D eigenvalue weighted by Gasteiger charge is -2.45. The summed E-state index contributed by atoms with van der Waals surface area (Å²) >= 11 is 5.97. The summed E-state index contributed by atoms with van der Waals surface area (Å²) < 4.78 is 9.90. The van der Waals surface area contributed by atoms with E-state index in [4.69, 9.17) is 21.1 Å². The normalized spacial score (nSPS) is 30.0. The summed E-state index contributed by atoms with van der Waals surface area (Å²) in [5.74, 6) is 0.297. The minimum absolute atomic E-state index is 0.0598. The topological polar surface area (TPSA) is 84.8 Å². The van der Waals surface area contributed by atoms with Crippen LogP contribution in [0.4, 0.5) is 5.82 Å². The molecule has 8 heteroatoms. The first kappa shape index (κ1) is 14.3. The number of carbonyl (C=O) groups excluding carboxylic acids is 1. The van der Waals surface area contributed by atoms with Crippen LogP contribution in [0.2, 0.25) is 5.15 Å². The van der Waals surface area contributed by atoms with Gasteiger partial charge in [0, 0.05) is 12.6 Å². The third-order valence-electron chi connectivity index (χ3n) is 4.40. The molecule has 3 aliphatic rings. The maximum atomic E-state index is 12.0. The zero-order valence-electron chi connectivity index (χ0n) is 11.8. The maximum absolute atomic E-state index is 12.0. The molecule has 2 bridgehead atoms. The highest BCUT2D eigenvalue weighted by Gasteiger charge is 2.69. The average molecular weight is 314 g/mol. The van der Waals surface area contributed by atoms with E-state index in [1.165, 1.54) is 14.2 Å². The first-order valence-corrected chi connectivity index (χ1v) is 6.92. The number of carbonyl (C=O) groups is 1. The van der Waals surface area contributed by atoms with E-state index >= 15 is 0 Å². The fourth-order valence-electron chi connectivity index (χ4n) is 3.54. The van der Waals surface area contributed by atoms with Crippen molar-refractivity contribution in [2.24, 2.45) is 5.41 Å². The Balaban J connectivity index is 1.96. The molecule has 1 aromatic heterocycles. The van der Waals surface area contributed by atoms with Crippen LogP contribution in [0, 0.1) is 5.41 Å². The number of aromatic nitrogens is 2. The molecule has 21 heavy (non-hydrogen) atoms.